The van der Waals surface area contributed by atoms with Crippen LogP contribution in [0, 0.1) is 27.7 Å². The molecule has 8 nitrogen and oxygen atoms in total. The molecule has 0 fully saturated rings. The van der Waals surface area contributed by atoms with E-state index in [-0.39, 0.29) is 23.2 Å². The Bertz CT molecular complexity index is 1550. The Labute approximate surface area is 260 Å². The lowest BCUT2D eigenvalue weighted by atomic mass is 9.94. The van der Waals surface area contributed by atoms with Crippen molar-refractivity contribution in [1.82, 2.24) is 9.80 Å². The Kier molecular flexibility index (Phi) is 12.0. The number of ether oxygens (including phenoxy) is 1. The van der Waals surface area contributed by atoms with Crippen LogP contribution in [0.3, 0.4) is 0 Å². The van der Waals surface area contributed by atoms with Gasteiger partial charge in [-0.05, 0) is 106 Å². The zero-order chi connectivity index (χ0) is 30.6. The van der Waals surface area contributed by atoms with Crippen LogP contribution in [-0.4, -0.2) is 70.9 Å². The van der Waals surface area contributed by atoms with Gasteiger partial charge < -0.3 is 14.5 Å². The molecule has 0 saturated heterocycles. The molecule has 1 amide bonds. The molecule has 0 bridgehead atoms. The molecule has 0 saturated carbocycles. The van der Waals surface area contributed by atoms with Crippen molar-refractivity contribution < 1.29 is 22.7 Å². The fourth-order valence-corrected chi connectivity index (χ4v) is 6.37. The van der Waals surface area contributed by atoms with Crippen LogP contribution in [0.5, 0.6) is 0 Å². The van der Waals surface area contributed by atoms with E-state index >= 15 is 0 Å². The van der Waals surface area contributed by atoms with Gasteiger partial charge in [-0.3, -0.25) is 9.52 Å². The number of carbonyl (C=O) groups is 2. The Morgan fingerprint density at radius 3 is 2.10 bits per heavy atom. The fraction of sp³-hybridized carbons (Fsp3) is 0.355. The number of hydrogen-bond acceptors (Lipinski definition) is 6. The van der Waals surface area contributed by atoms with Crippen LogP contribution in [-0.2, 0) is 19.6 Å². The number of amides is 1. The van der Waals surface area contributed by atoms with Crippen LogP contribution in [0.25, 0.3) is 11.1 Å². The number of aryl methyl sites for hydroxylation is 4. The molecule has 0 heterocycles. The maximum absolute atomic E-state index is 13.6. The molecule has 0 aromatic heterocycles. The minimum atomic E-state index is -3.85. The lowest BCUT2D eigenvalue weighted by Crippen LogP contribution is -2.45. The second kappa shape index (κ2) is 14.4. The van der Waals surface area contributed by atoms with Gasteiger partial charge in [0.15, 0.2) is 0 Å². The molecule has 3 aromatic carbocycles. The zero-order valence-corrected chi connectivity index (χ0v) is 27.6. The SMILES string of the molecule is COC(=O)[C@H](CCN(C)C)N(C)C(=O)c1c(C)cc(-c2cccc(NS(=O)(=O)c3cc(C)c(Cl)cc3C)c2)cc1C.Cl. The third-order valence-electron chi connectivity index (χ3n) is 7.05. The maximum Gasteiger partial charge on any atom is 0.328 e. The molecule has 42 heavy (non-hydrogen) atoms. The first-order valence-electron chi connectivity index (χ1n) is 13.2. The quantitative estimate of drug-likeness (QED) is 0.273. The average Bonchev–Trinajstić information content (AvgIpc) is 2.89. The van der Waals surface area contributed by atoms with E-state index in [0.29, 0.717) is 40.4 Å². The molecule has 1 N–H and O–H groups in total. The van der Waals surface area contributed by atoms with E-state index in [0.717, 1.165) is 22.3 Å². The summed E-state index contributed by atoms with van der Waals surface area (Å²) in [5, 5.41) is 0.511. The second-order valence-corrected chi connectivity index (χ2v) is 12.6. The smallest absolute Gasteiger partial charge is 0.328 e. The Balaban J connectivity index is 0.00000616. The number of hydrogen-bond donors (Lipinski definition) is 1. The lowest BCUT2D eigenvalue weighted by Gasteiger charge is -2.28. The van der Waals surface area contributed by atoms with E-state index in [2.05, 4.69) is 4.72 Å². The number of benzene rings is 3. The molecule has 228 valence electrons. The van der Waals surface area contributed by atoms with Gasteiger partial charge in [-0.25, -0.2) is 13.2 Å². The van der Waals surface area contributed by atoms with Gasteiger partial charge in [0.25, 0.3) is 15.9 Å². The summed E-state index contributed by atoms with van der Waals surface area (Å²) in [6, 6.07) is 13.4. The van der Waals surface area contributed by atoms with Gasteiger partial charge in [0.2, 0.25) is 0 Å². The molecule has 0 aliphatic heterocycles. The van der Waals surface area contributed by atoms with Crippen molar-refractivity contribution in [3.05, 3.63) is 81.4 Å². The average molecular weight is 637 g/mol. The maximum atomic E-state index is 13.6. The third kappa shape index (κ3) is 8.04. The summed E-state index contributed by atoms with van der Waals surface area (Å²) < 4.78 is 34.1. The summed E-state index contributed by atoms with van der Waals surface area (Å²) in [5.74, 6) is -0.728. The van der Waals surface area contributed by atoms with Crippen molar-refractivity contribution in [2.45, 2.75) is 45.1 Å². The molecule has 3 rings (SSSR count). The van der Waals surface area contributed by atoms with E-state index in [9.17, 15) is 18.0 Å². The molecular weight excluding hydrogens is 597 g/mol. The van der Waals surface area contributed by atoms with Gasteiger partial charge in [-0.15, -0.1) is 12.4 Å². The highest BCUT2D eigenvalue weighted by Crippen LogP contribution is 2.30. The number of anilines is 1. The van der Waals surface area contributed by atoms with Gasteiger partial charge in [0, 0.05) is 29.9 Å². The van der Waals surface area contributed by atoms with Gasteiger partial charge in [-0.1, -0.05) is 35.9 Å². The van der Waals surface area contributed by atoms with E-state index in [1.165, 1.54) is 12.0 Å². The largest absolute Gasteiger partial charge is 0.467 e. The fourth-order valence-electron chi connectivity index (χ4n) is 4.79. The van der Waals surface area contributed by atoms with Crippen molar-refractivity contribution in [3.8, 4) is 11.1 Å². The Morgan fingerprint density at radius 2 is 1.52 bits per heavy atom. The Hall–Kier alpha value is -3.11. The van der Waals surface area contributed by atoms with Crippen LogP contribution in [0.4, 0.5) is 5.69 Å². The summed E-state index contributed by atoms with van der Waals surface area (Å²) in [5.41, 5.74) is 5.25. The number of esters is 1. The van der Waals surface area contributed by atoms with Crippen molar-refractivity contribution in [3.63, 3.8) is 0 Å². The number of nitrogens with zero attached hydrogens (tertiary/aromatic N) is 2. The van der Waals surface area contributed by atoms with Gasteiger partial charge in [0.1, 0.15) is 6.04 Å². The minimum Gasteiger partial charge on any atom is -0.467 e. The molecule has 0 radical (unpaired) electrons. The Morgan fingerprint density at radius 1 is 0.905 bits per heavy atom. The number of sulfonamides is 1. The normalized spacial score (nSPS) is 12.0. The number of carbonyl (C=O) groups excluding carboxylic acids is 2. The highest BCUT2D eigenvalue weighted by Gasteiger charge is 2.30. The molecule has 1 atom stereocenters. The zero-order valence-electron chi connectivity index (χ0n) is 25.2. The number of halogens is 2. The summed E-state index contributed by atoms with van der Waals surface area (Å²) in [6.45, 7) is 7.78. The molecule has 0 spiro atoms. The summed E-state index contributed by atoms with van der Waals surface area (Å²) in [6.07, 6.45) is 0.440. The van der Waals surface area contributed by atoms with Gasteiger partial charge in [0.05, 0.1) is 12.0 Å². The second-order valence-electron chi connectivity index (χ2n) is 10.6. The van der Waals surface area contributed by atoms with Crippen molar-refractivity contribution in [2.75, 3.05) is 39.5 Å². The molecule has 3 aromatic rings. The third-order valence-corrected chi connectivity index (χ3v) is 8.98. The highest BCUT2D eigenvalue weighted by molar-refractivity contribution is 7.92. The number of likely N-dealkylation sites (N-methyl/N-ethyl adjacent to an activating group) is 1. The summed E-state index contributed by atoms with van der Waals surface area (Å²) in [4.78, 5) is 29.6. The minimum absolute atomic E-state index is 0. The number of nitrogens with one attached hydrogen (secondary N) is 1. The monoisotopic (exact) mass is 635 g/mol. The van der Waals surface area contributed by atoms with Crippen molar-refractivity contribution >= 4 is 51.6 Å². The van der Waals surface area contributed by atoms with Crippen LogP contribution in [0.1, 0.15) is 39.0 Å². The van der Waals surface area contributed by atoms with Crippen LogP contribution < -0.4 is 4.72 Å². The van der Waals surface area contributed by atoms with Crippen molar-refractivity contribution in [1.29, 1.82) is 0 Å². The molecule has 0 aliphatic rings. The topological polar surface area (TPSA) is 96.0 Å². The van der Waals surface area contributed by atoms with Crippen LogP contribution in [0.2, 0.25) is 5.02 Å². The molecular formula is C31H39Cl2N3O5S. The van der Waals surface area contributed by atoms with E-state index in [1.807, 2.05) is 51.0 Å². The first-order chi connectivity index (χ1) is 19.2. The number of methoxy groups -OCH3 is 1. The summed E-state index contributed by atoms with van der Waals surface area (Å²) >= 11 is 6.16. The number of rotatable bonds is 10. The van der Waals surface area contributed by atoms with Gasteiger partial charge >= 0.3 is 5.97 Å². The molecule has 0 unspecified atom stereocenters. The first kappa shape index (κ1) is 35.1. The van der Waals surface area contributed by atoms with E-state index in [4.69, 9.17) is 16.3 Å². The van der Waals surface area contributed by atoms with Crippen LogP contribution in [0.15, 0.2) is 53.4 Å². The molecule has 11 heteroatoms. The summed E-state index contributed by atoms with van der Waals surface area (Å²) in [7, 11) is 2.89. The van der Waals surface area contributed by atoms with E-state index < -0.39 is 22.0 Å². The standard InChI is InChI=1S/C31H38ClN3O5S.ClH/c1-19-17-28(20(2)16-26(19)32)41(38,39)33-25-11-9-10-23(18-25)24-14-21(3)29(22(4)15-24)30(36)35(7)27(31(37)40-8)12-13-34(5)6;/h9-11,14-18,27,33H,12-13H2,1-8H3;1H/t27-;/m0./s1. The first-order valence-corrected chi connectivity index (χ1v) is 15.0. The van der Waals surface area contributed by atoms with Crippen molar-refractivity contribution in [2.24, 2.45) is 0 Å². The predicted molar refractivity (Wildman–Crippen MR) is 171 cm³/mol. The predicted octanol–water partition coefficient (Wildman–Crippen LogP) is 6.03. The van der Waals surface area contributed by atoms with E-state index in [1.54, 1.807) is 51.2 Å². The highest BCUT2D eigenvalue weighted by atomic mass is 35.5. The van der Waals surface area contributed by atoms with Crippen LogP contribution >= 0.6 is 24.0 Å². The molecule has 0 aliphatic carbocycles. The lowest BCUT2D eigenvalue weighted by molar-refractivity contribution is -0.146. The van der Waals surface area contributed by atoms with Gasteiger partial charge in [-0.2, -0.15) is 0 Å².